The molecule has 10 heteroatoms. The van der Waals surface area contributed by atoms with Crippen molar-refractivity contribution in [1.82, 2.24) is 0 Å². The molecule has 2 spiro atoms. The molecule has 0 bridgehead atoms. The first-order chi connectivity index (χ1) is 24.7. The van der Waals surface area contributed by atoms with Crippen LogP contribution in [0.5, 0.6) is 0 Å². The lowest BCUT2D eigenvalue weighted by Gasteiger charge is -2.54. The maximum atomic E-state index is 14.4. The van der Waals surface area contributed by atoms with Gasteiger partial charge in [0.15, 0.2) is 5.79 Å². The fourth-order valence-corrected chi connectivity index (χ4v) is 10.9. The van der Waals surface area contributed by atoms with E-state index in [1.54, 1.807) is 6.08 Å². The van der Waals surface area contributed by atoms with E-state index in [0.717, 1.165) is 12.8 Å². The molecule has 5 aliphatic rings. The van der Waals surface area contributed by atoms with E-state index in [2.05, 4.69) is 27.7 Å². The lowest BCUT2D eigenvalue weighted by Crippen LogP contribution is -2.63. The Morgan fingerprint density at radius 1 is 0.887 bits per heavy atom. The Morgan fingerprint density at radius 2 is 1.58 bits per heavy atom. The lowest BCUT2D eigenvalue weighted by molar-refractivity contribution is -0.409. The van der Waals surface area contributed by atoms with Crippen LogP contribution in [0.1, 0.15) is 147 Å². The molecule has 0 aromatic heterocycles. The Kier molecular flexibility index (Phi) is 12.8. The van der Waals surface area contributed by atoms with E-state index in [0.29, 0.717) is 57.8 Å². The number of hydrogen-bond acceptors (Lipinski definition) is 9. The predicted octanol–water partition coefficient (Wildman–Crippen LogP) is 7.61. The third-order valence-electron chi connectivity index (χ3n) is 14.7. The maximum absolute atomic E-state index is 14.4. The van der Waals surface area contributed by atoms with Crippen molar-refractivity contribution >= 4 is 11.8 Å². The highest BCUT2D eigenvalue weighted by molar-refractivity contribution is 5.83. The molecule has 0 amide bonds. The quantitative estimate of drug-likeness (QED) is 0.171. The molecule has 5 aliphatic heterocycles. The zero-order valence-corrected chi connectivity index (χ0v) is 34.6. The van der Waals surface area contributed by atoms with Crippen molar-refractivity contribution in [1.29, 1.82) is 0 Å². The van der Waals surface area contributed by atoms with Gasteiger partial charge in [0.05, 0.1) is 47.1 Å². The summed E-state index contributed by atoms with van der Waals surface area (Å²) in [6.07, 6.45) is 8.58. The van der Waals surface area contributed by atoms with Crippen LogP contribution in [0.3, 0.4) is 0 Å². The lowest BCUT2D eigenvalue weighted by atomic mass is 9.72. The van der Waals surface area contributed by atoms with Gasteiger partial charge in [0.25, 0.3) is 0 Å². The van der Waals surface area contributed by atoms with Crippen LogP contribution in [0.4, 0.5) is 0 Å². The Labute approximate surface area is 319 Å². The number of ether oxygens (including phenoxy) is 5. The van der Waals surface area contributed by atoms with Gasteiger partial charge in [-0.2, -0.15) is 0 Å². The molecule has 17 atom stereocenters. The van der Waals surface area contributed by atoms with Gasteiger partial charge < -0.3 is 39.0 Å². The average molecular weight is 749 g/mol. The minimum absolute atomic E-state index is 0.0580. The van der Waals surface area contributed by atoms with Crippen molar-refractivity contribution in [2.45, 2.75) is 206 Å². The van der Waals surface area contributed by atoms with Gasteiger partial charge in [-0.3, -0.25) is 9.59 Å². The van der Waals surface area contributed by atoms with Gasteiger partial charge in [0.2, 0.25) is 5.79 Å². The summed E-state index contributed by atoms with van der Waals surface area (Å²) in [6.45, 7) is 22.4. The van der Waals surface area contributed by atoms with E-state index in [4.69, 9.17) is 23.7 Å². The summed E-state index contributed by atoms with van der Waals surface area (Å²) < 4.78 is 33.9. The molecule has 4 saturated heterocycles. The zero-order valence-electron chi connectivity index (χ0n) is 34.6. The van der Waals surface area contributed by atoms with Crippen molar-refractivity contribution in [3.63, 3.8) is 0 Å². The molecule has 5 heterocycles. The molecule has 0 aromatic carbocycles. The first-order valence-corrected chi connectivity index (χ1v) is 21.0. The number of aliphatic hydroxyl groups excluding tert-OH is 1. The standard InChI is InChI=1S/C43H72O10/c1-12-31(35(45)26(5)23-27(6)36-25(4)15-18-39(10,50-36)32(13-2)38(46)47)37-28(7)24-29(8)42(51-37)20-16-33(44)43(53-42)22-21-40(11,52-43)34-17-19-41(48,14-3)30(9)49-34/h16,20,25-34,36-37,44,48H,12-15,17-19,21-24H2,1-11H3,(H,46,47)/t25-,26-,27-,28-,29+,30-,31-,32-,33+,34+,36+,37-,39+,40-,41+,42-,43-/m0/s1. The van der Waals surface area contributed by atoms with Crippen LogP contribution in [0.2, 0.25) is 0 Å². The molecule has 0 radical (unpaired) electrons. The highest BCUT2D eigenvalue weighted by atomic mass is 16.8. The van der Waals surface area contributed by atoms with E-state index in [1.165, 1.54) is 0 Å². The highest BCUT2D eigenvalue weighted by Gasteiger charge is 2.63. The van der Waals surface area contributed by atoms with Crippen LogP contribution in [0.25, 0.3) is 0 Å². The molecule has 0 aliphatic carbocycles. The number of rotatable bonds is 12. The summed E-state index contributed by atoms with van der Waals surface area (Å²) >= 11 is 0. The number of Topliss-reactive ketones (excluding diaryl/α,β-unsaturated/α-hetero) is 1. The maximum Gasteiger partial charge on any atom is 0.309 e. The minimum Gasteiger partial charge on any atom is -0.481 e. The second-order valence-corrected chi connectivity index (χ2v) is 18.6. The molecule has 0 aromatic rings. The van der Waals surface area contributed by atoms with E-state index >= 15 is 0 Å². The fraction of sp³-hybridized carbons (Fsp3) is 0.907. The predicted molar refractivity (Wildman–Crippen MR) is 202 cm³/mol. The first-order valence-electron chi connectivity index (χ1n) is 21.0. The van der Waals surface area contributed by atoms with E-state index in [1.807, 2.05) is 54.5 Å². The normalized spacial score (nSPS) is 47.0. The summed E-state index contributed by atoms with van der Waals surface area (Å²) in [5.41, 5.74) is -2.32. The summed E-state index contributed by atoms with van der Waals surface area (Å²) in [6, 6.07) is 0. The largest absolute Gasteiger partial charge is 0.481 e. The van der Waals surface area contributed by atoms with E-state index < -0.39 is 52.5 Å². The van der Waals surface area contributed by atoms with Crippen LogP contribution in [-0.4, -0.2) is 86.0 Å². The highest BCUT2D eigenvalue weighted by Crippen LogP contribution is 2.54. The summed E-state index contributed by atoms with van der Waals surface area (Å²) in [4.78, 5) is 26.6. The van der Waals surface area contributed by atoms with Gasteiger partial charge in [-0.05, 0) is 115 Å². The van der Waals surface area contributed by atoms with Crippen molar-refractivity contribution in [3.05, 3.63) is 12.2 Å². The van der Waals surface area contributed by atoms with Gasteiger partial charge >= 0.3 is 5.97 Å². The van der Waals surface area contributed by atoms with Crippen LogP contribution in [-0.2, 0) is 33.3 Å². The Morgan fingerprint density at radius 3 is 2.19 bits per heavy atom. The van der Waals surface area contributed by atoms with Gasteiger partial charge in [-0.1, -0.05) is 55.4 Å². The molecule has 304 valence electrons. The summed E-state index contributed by atoms with van der Waals surface area (Å²) in [5, 5.41) is 32.4. The molecule has 0 unspecified atom stereocenters. The number of carboxylic acids is 1. The molecule has 4 fully saturated rings. The van der Waals surface area contributed by atoms with Gasteiger partial charge in [0, 0.05) is 24.2 Å². The van der Waals surface area contributed by atoms with Crippen molar-refractivity contribution in [2.24, 2.45) is 41.4 Å². The fourth-order valence-electron chi connectivity index (χ4n) is 10.9. The number of ketones is 1. The third kappa shape index (κ3) is 7.95. The minimum atomic E-state index is -1.33. The van der Waals surface area contributed by atoms with Crippen molar-refractivity contribution in [2.75, 3.05) is 0 Å². The number of hydrogen-bond donors (Lipinski definition) is 3. The monoisotopic (exact) mass is 749 g/mol. The molecular formula is C43H72O10. The zero-order chi connectivity index (χ0) is 39.3. The van der Waals surface area contributed by atoms with Gasteiger partial charge in [0.1, 0.15) is 11.9 Å². The Balaban J connectivity index is 1.30. The topological polar surface area (TPSA) is 141 Å². The average Bonchev–Trinajstić information content (AvgIpc) is 3.45. The number of aliphatic hydroxyl groups is 2. The number of carbonyl (C=O) groups is 2. The molecule has 53 heavy (non-hydrogen) atoms. The molecule has 10 nitrogen and oxygen atoms in total. The van der Waals surface area contributed by atoms with Gasteiger partial charge in [-0.25, -0.2) is 0 Å². The molecule has 3 N–H and O–H groups in total. The number of aliphatic carboxylic acids is 1. The molecular weight excluding hydrogens is 676 g/mol. The molecule has 5 rings (SSSR count). The van der Waals surface area contributed by atoms with Gasteiger partial charge in [-0.15, -0.1) is 0 Å². The first kappa shape index (κ1) is 42.7. The van der Waals surface area contributed by atoms with Crippen LogP contribution in [0.15, 0.2) is 12.2 Å². The van der Waals surface area contributed by atoms with Crippen LogP contribution < -0.4 is 0 Å². The number of carboxylic acid groups (broad SMARTS) is 1. The van der Waals surface area contributed by atoms with E-state index in [-0.39, 0.29) is 59.6 Å². The smallest absolute Gasteiger partial charge is 0.309 e. The van der Waals surface area contributed by atoms with Crippen molar-refractivity contribution < 1.29 is 48.6 Å². The van der Waals surface area contributed by atoms with E-state index in [9.17, 15) is 24.9 Å². The van der Waals surface area contributed by atoms with Crippen LogP contribution >= 0.6 is 0 Å². The summed E-state index contributed by atoms with van der Waals surface area (Å²) in [7, 11) is 0. The second kappa shape index (κ2) is 15.9. The van der Waals surface area contributed by atoms with Crippen molar-refractivity contribution in [3.8, 4) is 0 Å². The third-order valence-corrected chi connectivity index (χ3v) is 14.7. The van der Waals surface area contributed by atoms with Crippen LogP contribution in [0, 0.1) is 41.4 Å². The summed E-state index contributed by atoms with van der Waals surface area (Å²) in [5.74, 6) is -3.95. The molecule has 0 saturated carbocycles. The second-order valence-electron chi connectivity index (χ2n) is 18.6. The Hall–Kier alpha value is -1.40. The Bertz CT molecular complexity index is 1340. The number of carbonyl (C=O) groups excluding carboxylic acids is 1. The SMILES string of the molecule is CC[C@@H](C(=O)[C@@H](C)C[C@H](C)[C@@H]1O[C@@](C)([C@@H](CC)C(=O)O)CC[C@@H]1C)[C@H]1O[C@]2(C=C[C@@H](O)[C@]3(CC[C@@](C)([C@H]4CC[C@](O)(CC)[C@H](C)O4)O3)O2)[C@H](C)C[C@@H]1C.